The molecule has 0 amide bonds. The van der Waals surface area contributed by atoms with Crippen LogP contribution in [0.5, 0.6) is 0 Å². The van der Waals surface area contributed by atoms with E-state index >= 15 is 0 Å². The minimum atomic E-state index is -0.126. The zero-order chi connectivity index (χ0) is 18.4. The van der Waals surface area contributed by atoms with Crippen molar-refractivity contribution in [2.75, 3.05) is 19.8 Å². The summed E-state index contributed by atoms with van der Waals surface area (Å²) in [7, 11) is 0. The molecule has 2 fully saturated rings. The van der Waals surface area contributed by atoms with E-state index in [0.717, 1.165) is 44.5 Å². The Kier molecular flexibility index (Phi) is 7.47. The maximum atomic E-state index is 14.3. The Hall–Kier alpha value is -0.970. The number of aryl methyl sites for hydroxylation is 1. The average molecular weight is 365 g/mol. The van der Waals surface area contributed by atoms with Crippen LogP contribution < -0.4 is 0 Å². The van der Waals surface area contributed by atoms with Gasteiger partial charge in [-0.25, -0.2) is 4.39 Å². The van der Waals surface area contributed by atoms with E-state index in [9.17, 15) is 4.39 Å². The summed E-state index contributed by atoms with van der Waals surface area (Å²) in [5, 5.41) is 8.91. The molecule has 1 saturated heterocycles. The first-order valence-electron chi connectivity index (χ1n) is 10.3. The molecule has 3 rings (SSSR count). The van der Waals surface area contributed by atoms with Gasteiger partial charge in [0.15, 0.2) is 6.29 Å². The summed E-state index contributed by atoms with van der Waals surface area (Å²) in [6, 6.07) is 5.68. The van der Waals surface area contributed by atoms with Gasteiger partial charge in [0.25, 0.3) is 0 Å². The molecule has 1 aromatic carbocycles. The fraction of sp³-hybridized carbons (Fsp3) is 0.727. The van der Waals surface area contributed by atoms with Crippen LogP contribution in [-0.4, -0.2) is 31.2 Å². The lowest BCUT2D eigenvalue weighted by Gasteiger charge is -2.37. The Morgan fingerprint density at radius 2 is 1.85 bits per heavy atom. The summed E-state index contributed by atoms with van der Waals surface area (Å²) in [6.45, 7) is 3.98. The molecule has 26 heavy (non-hydrogen) atoms. The van der Waals surface area contributed by atoms with Crippen molar-refractivity contribution >= 4 is 0 Å². The van der Waals surface area contributed by atoms with Gasteiger partial charge in [-0.2, -0.15) is 0 Å². The van der Waals surface area contributed by atoms with E-state index in [2.05, 4.69) is 13.0 Å². The molecule has 3 nitrogen and oxygen atoms in total. The molecule has 0 bridgehead atoms. The zero-order valence-electron chi connectivity index (χ0n) is 16.0. The number of rotatable bonds is 7. The smallest absolute Gasteiger partial charge is 0.160 e. The molecule has 146 valence electrons. The van der Waals surface area contributed by atoms with Crippen LogP contribution in [0.15, 0.2) is 18.2 Å². The van der Waals surface area contributed by atoms with Crippen molar-refractivity contribution in [3.63, 3.8) is 0 Å². The Bertz CT molecular complexity index is 546. The summed E-state index contributed by atoms with van der Waals surface area (Å²) >= 11 is 0. The number of aliphatic hydroxyl groups is 1. The van der Waals surface area contributed by atoms with Crippen LogP contribution in [0.3, 0.4) is 0 Å². The summed E-state index contributed by atoms with van der Waals surface area (Å²) < 4.78 is 26.3. The second kappa shape index (κ2) is 9.82. The third-order valence-corrected chi connectivity index (χ3v) is 6.00. The van der Waals surface area contributed by atoms with Gasteiger partial charge in [-0.3, -0.25) is 0 Å². The molecule has 4 heteroatoms. The normalized spacial score (nSPS) is 29.7. The minimum absolute atomic E-state index is 0.0401. The fourth-order valence-corrected chi connectivity index (χ4v) is 4.42. The second-order valence-corrected chi connectivity index (χ2v) is 7.98. The van der Waals surface area contributed by atoms with E-state index in [0.29, 0.717) is 36.2 Å². The molecule has 1 N–H and O–H groups in total. The van der Waals surface area contributed by atoms with E-state index < -0.39 is 0 Å². The minimum Gasteiger partial charge on any atom is -0.396 e. The molecule has 1 heterocycles. The molecule has 1 aliphatic heterocycles. The monoisotopic (exact) mass is 364 g/mol. The number of hydrogen-bond donors (Lipinski definition) is 1. The number of benzene rings is 1. The van der Waals surface area contributed by atoms with Gasteiger partial charge in [-0.1, -0.05) is 25.5 Å². The third-order valence-electron chi connectivity index (χ3n) is 6.00. The van der Waals surface area contributed by atoms with Crippen molar-refractivity contribution in [1.29, 1.82) is 0 Å². The lowest BCUT2D eigenvalue weighted by Crippen LogP contribution is -2.38. The van der Waals surface area contributed by atoms with Gasteiger partial charge in [-0.05, 0) is 68.1 Å². The number of ether oxygens (including phenoxy) is 2. The molecular formula is C22H33FO3. The second-order valence-electron chi connectivity index (χ2n) is 7.98. The van der Waals surface area contributed by atoms with Gasteiger partial charge in [-0.15, -0.1) is 0 Å². The molecular weight excluding hydrogens is 331 g/mol. The largest absolute Gasteiger partial charge is 0.396 e. The highest BCUT2D eigenvalue weighted by Crippen LogP contribution is 2.39. The Morgan fingerprint density at radius 3 is 2.46 bits per heavy atom. The van der Waals surface area contributed by atoms with E-state index in [1.165, 1.54) is 12.8 Å². The van der Waals surface area contributed by atoms with Gasteiger partial charge >= 0.3 is 0 Å². The van der Waals surface area contributed by atoms with Crippen LogP contribution in [0, 0.1) is 17.7 Å². The van der Waals surface area contributed by atoms with Crippen molar-refractivity contribution in [3.8, 4) is 0 Å². The quantitative estimate of drug-likeness (QED) is 0.754. The van der Waals surface area contributed by atoms with Crippen molar-refractivity contribution in [3.05, 3.63) is 35.1 Å². The molecule has 2 aliphatic rings. The number of aliphatic hydroxyl groups excluding tert-OH is 1. The Morgan fingerprint density at radius 1 is 1.12 bits per heavy atom. The summed E-state index contributed by atoms with van der Waals surface area (Å²) in [6.07, 6.45) is 7.85. The molecule has 0 atom stereocenters. The maximum absolute atomic E-state index is 14.3. The van der Waals surface area contributed by atoms with Crippen molar-refractivity contribution in [1.82, 2.24) is 0 Å². The van der Waals surface area contributed by atoms with Crippen molar-refractivity contribution < 1.29 is 19.0 Å². The van der Waals surface area contributed by atoms with Crippen LogP contribution in [0.2, 0.25) is 0 Å². The summed E-state index contributed by atoms with van der Waals surface area (Å²) in [4.78, 5) is 0. The number of hydrogen-bond acceptors (Lipinski definition) is 3. The van der Waals surface area contributed by atoms with Gasteiger partial charge in [0.05, 0.1) is 13.2 Å². The molecule has 0 aromatic heterocycles. The van der Waals surface area contributed by atoms with Crippen LogP contribution in [0.1, 0.15) is 68.9 Å². The van der Waals surface area contributed by atoms with E-state index in [4.69, 9.17) is 14.6 Å². The Labute approximate surface area is 156 Å². The summed E-state index contributed by atoms with van der Waals surface area (Å²) in [5.74, 6) is 1.34. The topological polar surface area (TPSA) is 38.7 Å². The predicted octanol–water partition coefficient (Wildman–Crippen LogP) is 4.81. The lowest BCUT2D eigenvalue weighted by atomic mass is 9.78. The van der Waals surface area contributed by atoms with E-state index in [1.807, 2.05) is 6.07 Å². The van der Waals surface area contributed by atoms with E-state index in [1.54, 1.807) is 6.07 Å². The first kappa shape index (κ1) is 19.8. The Balaban J connectivity index is 1.48. The predicted molar refractivity (Wildman–Crippen MR) is 101 cm³/mol. The first-order valence-corrected chi connectivity index (χ1v) is 10.3. The fourth-order valence-electron chi connectivity index (χ4n) is 4.42. The molecule has 1 aromatic rings. The van der Waals surface area contributed by atoms with Crippen LogP contribution >= 0.6 is 0 Å². The van der Waals surface area contributed by atoms with Crippen molar-refractivity contribution in [2.24, 2.45) is 11.8 Å². The van der Waals surface area contributed by atoms with Gasteiger partial charge in [0.1, 0.15) is 5.82 Å². The number of halogens is 1. The maximum Gasteiger partial charge on any atom is 0.160 e. The van der Waals surface area contributed by atoms with Crippen LogP contribution in [-0.2, 0) is 15.9 Å². The first-order chi connectivity index (χ1) is 12.7. The van der Waals surface area contributed by atoms with Crippen molar-refractivity contribution in [2.45, 2.75) is 70.5 Å². The lowest BCUT2D eigenvalue weighted by molar-refractivity contribution is -0.229. The van der Waals surface area contributed by atoms with Gasteiger partial charge < -0.3 is 14.6 Å². The third kappa shape index (κ3) is 5.05. The molecule has 0 spiro atoms. The highest BCUT2D eigenvalue weighted by molar-refractivity contribution is 5.27. The summed E-state index contributed by atoms with van der Waals surface area (Å²) in [5.41, 5.74) is 1.82. The highest BCUT2D eigenvalue weighted by atomic mass is 19.1. The zero-order valence-corrected chi connectivity index (χ0v) is 16.0. The van der Waals surface area contributed by atoms with Crippen LogP contribution in [0.4, 0.5) is 4.39 Å². The van der Waals surface area contributed by atoms with Crippen LogP contribution in [0.25, 0.3) is 0 Å². The van der Waals surface area contributed by atoms with Gasteiger partial charge in [0, 0.05) is 18.4 Å². The molecule has 0 unspecified atom stereocenters. The standard InChI is InChI=1S/C22H33FO3/c1-2-4-16-14-25-22(26-15-16)19-9-6-17(7-10-19)20-11-8-18(5-3-12-24)21(23)13-20/h8,11,13,16-17,19,22,24H,2-7,9-10,12,14-15H2,1H3. The SMILES string of the molecule is CCCC1COC(C2CCC(c3ccc(CCCO)c(F)c3)CC2)OC1. The van der Waals surface area contributed by atoms with E-state index in [-0.39, 0.29) is 18.7 Å². The highest BCUT2D eigenvalue weighted by Gasteiger charge is 2.32. The molecule has 1 aliphatic carbocycles. The molecule has 0 radical (unpaired) electrons. The van der Waals surface area contributed by atoms with Gasteiger partial charge in [0.2, 0.25) is 0 Å². The average Bonchev–Trinajstić information content (AvgIpc) is 2.68. The molecule has 1 saturated carbocycles.